The number of rotatable bonds is 3. The molecule has 2 aliphatic heterocycles. The second kappa shape index (κ2) is 6.89. The van der Waals surface area contributed by atoms with Gasteiger partial charge in [0.1, 0.15) is 5.82 Å². The molecule has 0 aliphatic carbocycles. The molecule has 2 saturated heterocycles. The van der Waals surface area contributed by atoms with E-state index >= 15 is 0 Å². The standard InChI is InChI=1S/C23H21FN2O2/c24-19-7-5-15(6-8-19)18-11-20-9-10-21(12-18)26(20)23(27)17-3-1-16(2-4-17)22-13-25-14-28-22/h1-8,13-14,18,20-21H,9-12H2/t18?,20-,21+. The summed E-state index contributed by atoms with van der Waals surface area (Å²) in [5, 5.41) is 0. The van der Waals surface area contributed by atoms with Gasteiger partial charge in [0.15, 0.2) is 12.2 Å². The minimum atomic E-state index is -0.201. The Morgan fingerprint density at radius 2 is 1.68 bits per heavy atom. The van der Waals surface area contributed by atoms with E-state index in [4.69, 9.17) is 4.42 Å². The maximum absolute atomic E-state index is 13.2. The number of fused-ring (bicyclic) bond motifs is 2. The number of hydrogen-bond acceptors (Lipinski definition) is 3. The Bertz CT molecular complexity index is 953. The normalized spacial score (nSPS) is 23.8. The lowest BCUT2D eigenvalue weighted by Gasteiger charge is -2.39. The van der Waals surface area contributed by atoms with Crippen LogP contribution in [0, 0.1) is 5.82 Å². The molecular formula is C23H21FN2O2. The van der Waals surface area contributed by atoms with Gasteiger partial charge in [-0.2, -0.15) is 0 Å². The highest BCUT2D eigenvalue weighted by Gasteiger charge is 2.43. The van der Waals surface area contributed by atoms with E-state index in [0.29, 0.717) is 17.2 Å². The summed E-state index contributed by atoms with van der Waals surface area (Å²) in [6.45, 7) is 0. The van der Waals surface area contributed by atoms with Crippen LogP contribution < -0.4 is 0 Å². The lowest BCUT2D eigenvalue weighted by molar-refractivity contribution is 0.0571. The van der Waals surface area contributed by atoms with Crippen LogP contribution in [0.25, 0.3) is 11.3 Å². The van der Waals surface area contributed by atoms with E-state index < -0.39 is 0 Å². The molecule has 142 valence electrons. The predicted octanol–water partition coefficient (Wildman–Crippen LogP) is 5.03. The molecule has 3 aromatic rings. The van der Waals surface area contributed by atoms with Crippen LogP contribution >= 0.6 is 0 Å². The Hall–Kier alpha value is -2.95. The van der Waals surface area contributed by atoms with E-state index in [2.05, 4.69) is 9.88 Å². The zero-order chi connectivity index (χ0) is 19.1. The van der Waals surface area contributed by atoms with Crippen LogP contribution in [0.3, 0.4) is 0 Å². The van der Waals surface area contributed by atoms with Gasteiger partial charge in [0.05, 0.1) is 6.20 Å². The average molecular weight is 376 g/mol. The third-order valence-corrected chi connectivity index (χ3v) is 6.16. The summed E-state index contributed by atoms with van der Waals surface area (Å²) in [7, 11) is 0. The molecule has 1 unspecified atom stereocenters. The summed E-state index contributed by atoms with van der Waals surface area (Å²) in [6, 6.07) is 14.9. The molecular weight excluding hydrogens is 355 g/mol. The van der Waals surface area contributed by atoms with Crippen LogP contribution in [0.15, 0.2) is 65.5 Å². The van der Waals surface area contributed by atoms with Crippen molar-refractivity contribution in [3.63, 3.8) is 0 Å². The molecule has 0 radical (unpaired) electrons. The van der Waals surface area contributed by atoms with Gasteiger partial charge < -0.3 is 9.32 Å². The topological polar surface area (TPSA) is 46.3 Å². The van der Waals surface area contributed by atoms with E-state index in [0.717, 1.165) is 31.2 Å². The molecule has 1 amide bonds. The Kier molecular flexibility index (Phi) is 4.23. The van der Waals surface area contributed by atoms with E-state index in [9.17, 15) is 9.18 Å². The molecule has 5 heteroatoms. The van der Waals surface area contributed by atoms with Crippen molar-refractivity contribution in [1.82, 2.24) is 9.88 Å². The Morgan fingerprint density at radius 1 is 1.00 bits per heavy atom. The number of nitrogens with zero attached hydrogens (tertiary/aromatic N) is 2. The first-order valence-electron chi connectivity index (χ1n) is 9.76. The zero-order valence-electron chi connectivity index (χ0n) is 15.4. The SMILES string of the molecule is O=C(c1ccc(-c2cnco2)cc1)N1[C@@H]2CC[C@H]1CC(c1ccc(F)cc1)C2. The third-order valence-electron chi connectivity index (χ3n) is 6.16. The van der Waals surface area contributed by atoms with Crippen molar-refractivity contribution in [3.05, 3.63) is 78.1 Å². The van der Waals surface area contributed by atoms with Crippen LogP contribution in [-0.2, 0) is 0 Å². The van der Waals surface area contributed by atoms with Crippen molar-refractivity contribution < 1.29 is 13.6 Å². The van der Waals surface area contributed by atoms with Gasteiger partial charge in [0.2, 0.25) is 0 Å². The van der Waals surface area contributed by atoms with E-state index in [1.165, 1.54) is 24.1 Å². The fraction of sp³-hybridized carbons (Fsp3) is 0.304. The van der Waals surface area contributed by atoms with E-state index in [1.54, 1.807) is 6.20 Å². The molecule has 1 aromatic heterocycles. The summed E-state index contributed by atoms with van der Waals surface area (Å²) in [4.78, 5) is 19.2. The van der Waals surface area contributed by atoms with Crippen molar-refractivity contribution in [1.29, 1.82) is 0 Å². The highest BCUT2D eigenvalue weighted by atomic mass is 19.1. The van der Waals surface area contributed by atoms with Crippen molar-refractivity contribution in [2.24, 2.45) is 0 Å². The number of benzene rings is 2. The second-order valence-electron chi connectivity index (χ2n) is 7.76. The number of hydrogen-bond donors (Lipinski definition) is 0. The highest BCUT2D eigenvalue weighted by Crippen LogP contribution is 2.43. The fourth-order valence-corrected chi connectivity index (χ4v) is 4.80. The van der Waals surface area contributed by atoms with Crippen LogP contribution in [0.1, 0.15) is 47.5 Å². The minimum absolute atomic E-state index is 0.106. The van der Waals surface area contributed by atoms with Gasteiger partial charge in [0.25, 0.3) is 5.91 Å². The molecule has 2 bridgehead atoms. The first-order valence-corrected chi connectivity index (χ1v) is 9.76. The monoisotopic (exact) mass is 376 g/mol. The molecule has 0 saturated carbocycles. The van der Waals surface area contributed by atoms with E-state index in [-0.39, 0.29) is 23.8 Å². The quantitative estimate of drug-likeness (QED) is 0.644. The molecule has 0 spiro atoms. The lowest BCUT2D eigenvalue weighted by Crippen LogP contribution is -2.46. The van der Waals surface area contributed by atoms with Crippen LogP contribution in [-0.4, -0.2) is 27.9 Å². The number of aromatic nitrogens is 1. The lowest BCUT2D eigenvalue weighted by atomic mass is 9.84. The van der Waals surface area contributed by atoms with Crippen LogP contribution in [0.5, 0.6) is 0 Å². The summed E-state index contributed by atoms with van der Waals surface area (Å²) >= 11 is 0. The summed E-state index contributed by atoms with van der Waals surface area (Å²) < 4.78 is 18.5. The average Bonchev–Trinajstić information content (AvgIpc) is 3.35. The van der Waals surface area contributed by atoms with Crippen LogP contribution in [0.4, 0.5) is 4.39 Å². The maximum Gasteiger partial charge on any atom is 0.254 e. The molecule has 2 fully saturated rings. The Morgan fingerprint density at radius 3 is 2.29 bits per heavy atom. The molecule has 3 atom stereocenters. The molecule has 28 heavy (non-hydrogen) atoms. The largest absolute Gasteiger partial charge is 0.444 e. The first kappa shape index (κ1) is 17.2. The number of halogens is 1. The molecule has 2 aromatic carbocycles. The summed E-state index contributed by atoms with van der Waals surface area (Å²) in [6.07, 6.45) is 7.05. The molecule has 3 heterocycles. The van der Waals surface area contributed by atoms with E-state index in [1.807, 2.05) is 36.4 Å². The number of oxazole rings is 1. The summed E-state index contributed by atoms with van der Waals surface area (Å²) in [5.41, 5.74) is 2.80. The molecule has 5 rings (SSSR count). The smallest absolute Gasteiger partial charge is 0.254 e. The number of carbonyl (C=O) groups is 1. The fourth-order valence-electron chi connectivity index (χ4n) is 4.80. The van der Waals surface area contributed by atoms with Gasteiger partial charge in [-0.1, -0.05) is 24.3 Å². The van der Waals surface area contributed by atoms with Crippen molar-refractivity contribution in [2.75, 3.05) is 0 Å². The third kappa shape index (κ3) is 3.01. The maximum atomic E-state index is 13.2. The predicted molar refractivity (Wildman–Crippen MR) is 103 cm³/mol. The van der Waals surface area contributed by atoms with Crippen molar-refractivity contribution in [2.45, 2.75) is 43.7 Å². The first-order chi connectivity index (χ1) is 13.7. The second-order valence-corrected chi connectivity index (χ2v) is 7.76. The number of amides is 1. The van der Waals surface area contributed by atoms with Gasteiger partial charge in [-0.05, 0) is 61.4 Å². The Balaban J connectivity index is 1.33. The molecule has 4 nitrogen and oxygen atoms in total. The molecule has 2 aliphatic rings. The number of piperidine rings is 1. The van der Waals surface area contributed by atoms with Gasteiger partial charge in [-0.3, -0.25) is 4.79 Å². The van der Waals surface area contributed by atoms with Crippen LogP contribution in [0.2, 0.25) is 0 Å². The van der Waals surface area contributed by atoms with Crippen molar-refractivity contribution >= 4 is 5.91 Å². The number of carbonyl (C=O) groups excluding carboxylic acids is 1. The van der Waals surface area contributed by atoms with Gasteiger partial charge in [0, 0.05) is 23.2 Å². The minimum Gasteiger partial charge on any atom is -0.444 e. The van der Waals surface area contributed by atoms with Gasteiger partial charge in [-0.15, -0.1) is 0 Å². The molecule has 0 N–H and O–H groups in total. The van der Waals surface area contributed by atoms with Crippen molar-refractivity contribution in [3.8, 4) is 11.3 Å². The highest BCUT2D eigenvalue weighted by molar-refractivity contribution is 5.95. The van der Waals surface area contributed by atoms with Gasteiger partial charge >= 0.3 is 0 Å². The summed E-state index contributed by atoms with van der Waals surface area (Å²) in [5.74, 6) is 0.998. The van der Waals surface area contributed by atoms with Gasteiger partial charge in [-0.25, -0.2) is 9.37 Å². The zero-order valence-corrected chi connectivity index (χ0v) is 15.4. The Labute approximate surface area is 163 Å².